The summed E-state index contributed by atoms with van der Waals surface area (Å²) in [5, 5.41) is 25.3. The molecule has 14 nitrogen and oxygen atoms in total. The number of nitrogen functional groups attached to an aromatic ring is 1. The van der Waals surface area contributed by atoms with E-state index in [0.717, 1.165) is 0 Å². The number of imidazole rings is 1. The van der Waals surface area contributed by atoms with Gasteiger partial charge in [0.25, 0.3) is 0 Å². The normalized spacial score (nSPS) is 33.5. The zero-order chi connectivity index (χ0) is 29.4. The molecule has 10 atom stereocenters. The van der Waals surface area contributed by atoms with E-state index in [1.54, 1.807) is 13.8 Å². The van der Waals surface area contributed by atoms with Crippen molar-refractivity contribution in [1.82, 2.24) is 24.8 Å². The molecule has 0 amide bonds. The summed E-state index contributed by atoms with van der Waals surface area (Å²) in [6.45, 7) is 8.56. The second-order valence-electron chi connectivity index (χ2n) is 10.8. The molecule has 10 unspecified atom stereocenters. The summed E-state index contributed by atoms with van der Waals surface area (Å²) in [5.41, 5.74) is 4.71. The molecular weight excluding hydrogens is 543 g/mol. The van der Waals surface area contributed by atoms with Crippen molar-refractivity contribution in [1.29, 1.82) is 0 Å². The number of carbonyl (C=O) groups is 1. The van der Waals surface area contributed by atoms with Gasteiger partial charge in [-0.2, -0.15) is 0 Å². The molecule has 0 radical (unpaired) electrons. The van der Waals surface area contributed by atoms with Gasteiger partial charge in [-0.05, 0) is 33.1 Å². The number of aliphatic hydroxyl groups excluding tert-OH is 1. The predicted molar refractivity (Wildman–Crippen MR) is 145 cm³/mol. The number of nitrogens with one attached hydrogen (secondary N) is 1. The summed E-state index contributed by atoms with van der Waals surface area (Å²) in [4.78, 5) is 24.3. The van der Waals surface area contributed by atoms with Crippen LogP contribution in [0.15, 0.2) is 24.8 Å². The SMILES string of the molecule is COC(=O)C(C)NCP(=O)(OC(C)C1OC(n2cnc3c(N)ncnc32)C(C)(O)C1O)OC1CC(C)C=CC1C. The van der Waals surface area contributed by atoms with Crippen molar-refractivity contribution < 1.29 is 38.1 Å². The molecule has 3 heterocycles. The summed E-state index contributed by atoms with van der Waals surface area (Å²) in [6.07, 6.45) is 1.98. The number of nitrogens with two attached hydrogens (primary N) is 1. The van der Waals surface area contributed by atoms with E-state index in [0.29, 0.717) is 17.6 Å². The molecule has 15 heteroatoms. The first kappa shape index (κ1) is 30.5. The summed E-state index contributed by atoms with van der Waals surface area (Å²) < 4.78 is 38.7. The maximum absolute atomic E-state index is 14.2. The van der Waals surface area contributed by atoms with E-state index in [1.807, 2.05) is 19.9 Å². The number of hydrogen-bond donors (Lipinski definition) is 4. The highest BCUT2D eigenvalue weighted by atomic mass is 31.2. The molecule has 4 rings (SSSR count). The monoisotopic (exact) mass is 582 g/mol. The van der Waals surface area contributed by atoms with Gasteiger partial charge in [0.1, 0.15) is 35.7 Å². The van der Waals surface area contributed by atoms with Crippen LogP contribution in [0.25, 0.3) is 11.2 Å². The Morgan fingerprint density at radius 3 is 2.75 bits per heavy atom. The Labute approximate surface area is 232 Å². The summed E-state index contributed by atoms with van der Waals surface area (Å²) in [7, 11) is -2.68. The first-order valence-corrected chi connectivity index (χ1v) is 14.9. The van der Waals surface area contributed by atoms with E-state index in [2.05, 4.69) is 26.3 Å². The van der Waals surface area contributed by atoms with Gasteiger partial charge in [-0.15, -0.1) is 0 Å². The van der Waals surface area contributed by atoms with Crippen molar-refractivity contribution in [2.75, 3.05) is 19.1 Å². The van der Waals surface area contributed by atoms with Crippen LogP contribution in [0.1, 0.15) is 47.3 Å². The third-order valence-electron chi connectivity index (χ3n) is 7.50. The van der Waals surface area contributed by atoms with Crippen LogP contribution in [-0.4, -0.2) is 85.2 Å². The number of hydrogen-bond acceptors (Lipinski definition) is 13. The van der Waals surface area contributed by atoms with Crippen LogP contribution in [0.3, 0.4) is 0 Å². The lowest BCUT2D eigenvalue weighted by atomic mass is 9.88. The number of methoxy groups -OCH3 is 1. The maximum atomic E-state index is 14.2. The van der Waals surface area contributed by atoms with Crippen LogP contribution < -0.4 is 11.1 Å². The molecule has 1 aliphatic carbocycles. The van der Waals surface area contributed by atoms with E-state index >= 15 is 0 Å². The fourth-order valence-electron chi connectivity index (χ4n) is 5.01. The highest BCUT2D eigenvalue weighted by Gasteiger charge is 2.56. The Balaban J connectivity index is 1.57. The summed E-state index contributed by atoms with van der Waals surface area (Å²) in [5.74, 6) is -0.188. The van der Waals surface area contributed by atoms with Gasteiger partial charge in [0, 0.05) is 5.92 Å². The molecular formula is C25H39N6O8P. The quantitative estimate of drug-likeness (QED) is 0.180. The zero-order valence-electron chi connectivity index (χ0n) is 23.5. The smallest absolute Gasteiger partial charge is 0.344 e. The van der Waals surface area contributed by atoms with Gasteiger partial charge in [0.05, 0.1) is 31.9 Å². The minimum Gasteiger partial charge on any atom is -0.468 e. The van der Waals surface area contributed by atoms with Crippen LogP contribution in [0.5, 0.6) is 0 Å². The van der Waals surface area contributed by atoms with Crippen molar-refractivity contribution in [3.05, 3.63) is 24.8 Å². The average Bonchev–Trinajstić information content (AvgIpc) is 3.43. The molecule has 0 saturated carbocycles. The van der Waals surface area contributed by atoms with E-state index in [4.69, 9.17) is 24.3 Å². The Hall–Kier alpha value is -2.45. The molecule has 2 aromatic heterocycles. The molecule has 2 aromatic rings. The second-order valence-corrected chi connectivity index (χ2v) is 12.8. The second kappa shape index (κ2) is 11.8. The lowest BCUT2D eigenvalue weighted by Gasteiger charge is -2.34. The number of esters is 1. The molecule has 0 spiro atoms. The van der Waals surface area contributed by atoms with E-state index < -0.39 is 55.9 Å². The third-order valence-corrected chi connectivity index (χ3v) is 9.32. The highest BCUT2D eigenvalue weighted by molar-refractivity contribution is 7.53. The Kier molecular flexibility index (Phi) is 9.00. The van der Waals surface area contributed by atoms with E-state index in [-0.39, 0.29) is 23.9 Å². The number of ether oxygens (including phenoxy) is 2. The van der Waals surface area contributed by atoms with Gasteiger partial charge in [-0.1, -0.05) is 26.0 Å². The fraction of sp³-hybridized carbons (Fsp3) is 0.680. The van der Waals surface area contributed by atoms with E-state index in [9.17, 15) is 19.6 Å². The lowest BCUT2D eigenvalue weighted by Crippen LogP contribution is -2.46. The van der Waals surface area contributed by atoms with Crippen molar-refractivity contribution in [3.63, 3.8) is 0 Å². The van der Waals surface area contributed by atoms with Gasteiger partial charge in [-0.25, -0.2) is 15.0 Å². The van der Waals surface area contributed by atoms with Crippen LogP contribution in [0.4, 0.5) is 5.82 Å². The van der Waals surface area contributed by atoms with E-state index in [1.165, 1.54) is 31.3 Å². The number of aliphatic hydroxyl groups is 2. The number of allylic oxidation sites excluding steroid dienone is 1. The molecule has 0 aromatic carbocycles. The van der Waals surface area contributed by atoms with Crippen molar-refractivity contribution in [2.24, 2.45) is 11.8 Å². The van der Waals surface area contributed by atoms with Crippen molar-refractivity contribution in [2.45, 2.75) is 83.3 Å². The Morgan fingerprint density at radius 2 is 2.05 bits per heavy atom. The van der Waals surface area contributed by atoms with Gasteiger partial charge >= 0.3 is 13.6 Å². The third kappa shape index (κ3) is 6.08. The average molecular weight is 583 g/mol. The van der Waals surface area contributed by atoms with Crippen LogP contribution >= 0.6 is 7.60 Å². The van der Waals surface area contributed by atoms with Gasteiger partial charge in [0.15, 0.2) is 17.7 Å². The number of anilines is 1. The molecule has 222 valence electrons. The topological polar surface area (TPSA) is 193 Å². The number of carbonyl (C=O) groups excluding carboxylic acids is 1. The Morgan fingerprint density at radius 1 is 1.32 bits per heavy atom. The minimum absolute atomic E-state index is 0.0242. The van der Waals surface area contributed by atoms with Crippen LogP contribution in [0.2, 0.25) is 0 Å². The number of nitrogens with zero attached hydrogens (tertiary/aromatic N) is 4. The number of aromatic nitrogens is 4. The zero-order valence-corrected chi connectivity index (χ0v) is 24.4. The molecule has 5 N–H and O–H groups in total. The molecule has 2 aliphatic rings. The first-order valence-electron chi connectivity index (χ1n) is 13.2. The van der Waals surface area contributed by atoms with Crippen molar-refractivity contribution in [3.8, 4) is 0 Å². The Bertz CT molecular complexity index is 1290. The highest BCUT2D eigenvalue weighted by Crippen LogP contribution is 2.53. The van der Waals surface area contributed by atoms with Crippen LogP contribution in [0, 0.1) is 11.8 Å². The molecule has 0 bridgehead atoms. The van der Waals surface area contributed by atoms with Crippen molar-refractivity contribution >= 4 is 30.5 Å². The maximum Gasteiger partial charge on any atom is 0.344 e. The molecule has 40 heavy (non-hydrogen) atoms. The standard InChI is InChI=1S/C25H39N6O8P/c1-13-7-8-14(2)17(9-13)39-40(35,12-30-15(3)23(33)36-6)38-16(4)19-20(32)25(5,34)24(37-19)31-11-29-18-21(26)27-10-28-22(18)31/h7-8,10-11,13-17,19-20,24,30,32,34H,9,12H2,1-6H3,(H2,26,27,28). The largest absolute Gasteiger partial charge is 0.468 e. The van der Waals surface area contributed by atoms with Crippen LogP contribution in [-0.2, 0) is 27.9 Å². The molecule has 1 saturated heterocycles. The van der Waals surface area contributed by atoms with Gasteiger partial charge in [0.2, 0.25) is 0 Å². The fourth-order valence-corrected chi connectivity index (χ4v) is 7.02. The lowest BCUT2D eigenvalue weighted by molar-refractivity contribution is -0.142. The van der Waals surface area contributed by atoms with Gasteiger partial charge in [-0.3, -0.25) is 19.2 Å². The first-order chi connectivity index (χ1) is 18.8. The summed E-state index contributed by atoms with van der Waals surface area (Å²) in [6, 6.07) is -0.772. The number of fused-ring (bicyclic) bond motifs is 1. The van der Waals surface area contributed by atoms with Gasteiger partial charge < -0.3 is 34.5 Å². The predicted octanol–water partition coefficient (Wildman–Crippen LogP) is 1.74. The molecule has 1 fully saturated rings. The minimum atomic E-state index is -3.94. The molecule has 1 aliphatic heterocycles. The number of rotatable bonds is 10. The summed E-state index contributed by atoms with van der Waals surface area (Å²) >= 11 is 0.